The second kappa shape index (κ2) is 9.43. The predicted octanol–water partition coefficient (Wildman–Crippen LogP) is 6.23. The summed E-state index contributed by atoms with van der Waals surface area (Å²) in [6.45, 7) is 7.93. The van der Waals surface area contributed by atoms with Crippen LogP contribution in [-0.2, 0) is 11.3 Å². The third kappa shape index (κ3) is 5.39. The number of amides is 1. The standard InChI is InChI=1S/C25H30Cl2N4O2/c1-25(2,3)33-24(32)29(4)18-11-13-30(14-12-18)23-28-21-7-5-6-8-22(21)31(23)16-17-9-10-19(26)20(27)15-17/h5-10,15,18H,11-14,16H2,1-4H3. The summed E-state index contributed by atoms with van der Waals surface area (Å²) in [5.74, 6) is 0.931. The van der Waals surface area contributed by atoms with Gasteiger partial charge in [-0.25, -0.2) is 9.78 Å². The lowest BCUT2D eigenvalue weighted by Crippen LogP contribution is -2.47. The van der Waals surface area contributed by atoms with Gasteiger partial charge in [-0.05, 0) is 63.4 Å². The first-order valence-electron chi connectivity index (χ1n) is 11.2. The van der Waals surface area contributed by atoms with Crippen LogP contribution in [0.3, 0.4) is 0 Å². The Morgan fingerprint density at radius 1 is 1.12 bits per heavy atom. The largest absolute Gasteiger partial charge is 0.444 e. The van der Waals surface area contributed by atoms with Crippen LogP contribution in [0, 0.1) is 0 Å². The van der Waals surface area contributed by atoms with Crippen molar-refractivity contribution in [2.45, 2.75) is 51.8 Å². The minimum Gasteiger partial charge on any atom is -0.444 e. The fourth-order valence-corrected chi connectivity index (χ4v) is 4.54. The van der Waals surface area contributed by atoms with Crippen molar-refractivity contribution >= 4 is 46.3 Å². The number of hydrogen-bond acceptors (Lipinski definition) is 4. The molecule has 0 aliphatic carbocycles. The van der Waals surface area contributed by atoms with Crippen molar-refractivity contribution in [1.82, 2.24) is 14.5 Å². The monoisotopic (exact) mass is 488 g/mol. The second-order valence-corrected chi connectivity index (χ2v) is 10.4. The number of anilines is 1. The Morgan fingerprint density at radius 3 is 2.48 bits per heavy atom. The maximum atomic E-state index is 12.5. The molecule has 2 aromatic carbocycles. The molecule has 1 aliphatic heterocycles. The molecule has 0 N–H and O–H groups in total. The number of rotatable bonds is 4. The number of fused-ring (bicyclic) bond motifs is 1. The Labute approximate surface area is 205 Å². The minimum absolute atomic E-state index is 0.143. The summed E-state index contributed by atoms with van der Waals surface area (Å²) < 4.78 is 7.77. The molecular weight excluding hydrogens is 459 g/mol. The van der Waals surface area contributed by atoms with Crippen molar-refractivity contribution in [2.75, 3.05) is 25.0 Å². The molecule has 0 unspecified atom stereocenters. The van der Waals surface area contributed by atoms with Gasteiger partial charge in [0.15, 0.2) is 0 Å². The molecule has 1 aromatic heterocycles. The van der Waals surface area contributed by atoms with E-state index in [4.69, 9.17) is 32.9 Å². The second-order valence-electron chi connectivity index (χ2n) is 9.54. The van der Waals surface area contributed by atoms with Crippen LogP contribution < -0.4 is 4.90 Å². The first kappa shape index (κ1) is 23.7. The zero-order valence-corrected chi connectivity index (χ0v) is 21.0. The summed E-state index contributed by atoms with van der Waals surface area (Å²) >= 11 is 12.4. The third-order valence-electron chi connectivity index (χ3n) is 5.94. The van der Waals surface area contributed by atoms with E-state index in [1.54, 1.807) is 4.90 Å². The molecule has 4 rings (SSSR count). The normalized spacial score (nSPS) is 15.2. The number of halogens is 2. The molecule has 0 saturated carbocycles. The molecule has 6 nitrogen and oxygen atoms in total. The summed E-state index contributed by atoms with van der Waals surface area (Å²) in [5, 5.41) is 1.10. The third-order valence-corrected chi connectivity index (χ3v) is 6.67. The average molecular weight is 489 g/mol. The van der Waals surface area contributed by atoms with Gasteiger partial charge in [0, 0.05) is 26.2 Å². The quantitative estimate of drug-likeness (QED) is 0.436. The molecule has 0 spiro atoms. The molecule has 0 atom stereocenters. The maximum absolute atomic E-state index is 12.5. The van der Waals surface area contributed by atoms with Crippen LogP contribution in [0.5, 0.6) is 0 Å². The lowest BCUT2D eigenvalue weighted by molar-refractivity contribution is 0.0200. The predicted molar refractivity (Wildman–Crippen MR) is 135 cm³/mol. The van der Waals surface area contributed by atoms with Crippen molar-refractivity contribution in [3.63, 3.8) is 0 Å². The van der Waals surface area contributed by atoms with E-state index >= 15 is 0 Å². The van der Waals surface area contributed by atoms with Gasteiger partial charge in [0.25, 0.3) is 0 Å². The molecule has 1 amide bonds. The highest BCUT2D eigenvalue weighted by atomic mass is 35.5. The van der Waals surface area contributed by atoms with Gasteiger partial charge < -0.3 is 19.1 Å². The van der Waals surface area contributed by atoms with E-state index in [1.807, 2.05) is 64.2 Å². The Hall–Kier alpha value is -2.44. The van der Waals surface area contributed by atoms with Crippen molar-refractivity contribution in [3.05, 3.63) is 58.1 Å². The molecule has 1 saturated heterocycles. The van der Waals surface area contributed by atoms with Crippen molar-refractivity contribution in [1.29, 1.82) is 0 Å². The van der Waals surface area contributed by atoms with Crippen molar-refractivity contribution in [2.24, 2.45) is 0 Å². The molecule has 1 fully saturated rings. The molecule has 2 heterocycles. The van der Waals surface area contributed by atoms with E-state index < -0.39 is 5.60 Å². The summed E-state index contributed by atoms with van der Waals surface area (Å²) in [5.41, 5.74) is 2.60. The molecule has 0 radical (unpaired) electrons. The fourth-order valence-electron chi connectivity index (χ4n) is 4.22. The number of carbonyl (C=O) groups excluding carboxylic acids is 1. The number of ether oxygens (including phenoxy) is 1. The molecule has 33 heavy (non-hydrogen) atoms. The van der Waals surface area contributed by atoms with Crippen LogP contribution in [0.25, 0.3) is 11.0 Å². The summed E-state index contributed by atoms with van der Waals surface area (Å²) in [4.78, 5) is 21.5. The van der Waals surface area contributed by atoms with Crippen LogP contribution in [0.1, 0.15) is 39.2 Å². The van der Waals surface area contributed by atoms with Gasteiger partial charge in [0.1, 0.15) is 5.60 Å². The number of carbonyl (C=O) groups is 1. The lowest BCUT2D eigenvalue weighted by atomic mass is 10.0. The van der Waals surface area contributed by atoms with Gasteiger partial charge in [-0.2, -0.15) is 0 Å². The van der Waals surface area contributed by atoms with E-state index in [-0.39, 0.29) is 12.1 Å². The zero-order chi connectivity index (χ0) is 23.8. The summed E-state index contributed by atoms with van der Waals surface area (Å²) in [7, 11) is 1.83. The summed E-state index contributed by atoms with van der Waals surface area (Å²) in [6, 6.07) is 14.0. The van der Waals surface area contributed by atoms with Gasteiger partial charge in [-0.1, -0.05) is 41.4 Å². The van der Waals surface area contributed by atoms with E-state index in [2.05, 4.69) is 15.5 Å². The maximum Gasteiger partial charge on any atom is 0.410 e. The van der Waals surface area contributed by atoms with E-state index in [9.17, 15) is 4.79 Å². The first-order valence-corrected chi connectivity index (χ1v) is 12.0. The van der Waals surface area contributed by atoms with E-state index in [0.717, 1.165) is 48.5 Å². The number of benzene rings is 2. The topological polar surface area (TPSA) is 50.6 Å². The highest BCUT2D eigenvalue weighted by Crippen LogP contribution is 2.29. The number of piperidine rings is 1. The SMILES string of the molecule is CN(C(=O)OC(C)(C)C)C1CCN(c2nc3ccccc3n2Cc2ccc(Cl)c(Cl)c2)CC1. The van der Waals surface area contributed by atoms with Gasteiger partial charge >= 0.3 is 6.09 Å². The zero-order valence-electron chi connectivity index (χ0n) is 19.5. The van der Waals surface area contributed by atoms with Crippen LogP contribution in [0.4, 0.5) is 10.7 Å². The molecule has 0 bridgehead atoms. The number of imidazole rings is 1. The number of aromatic nitrogens is 2. The van der Waals surface area contributed by atoms with Gasteiger partial charge in [-0.3, -0.25) is 0 Å². The highest BCUT2D eigenvalue weighted by Gasteiger charge is 2.30. The molecule has 8 heteroatoms. The van der Waals surface area contributed by atoms with E-state index in [0.29, 0.717) is 16.6 Å². The highest BCUT2D eigenvalue weighted by molar-refractivity contribution is 6.42. The molecule has 176 valence electrons. The first-order chi connectivity index (χ1) is 15.6. The molecular formula is C25H30Cl2N4O2. The van der Waals surface area contributed by atoms with Crippen molar-refractivity contribution < 1.29 is 9.53 Å². The van der Waals surface area contributed by atoms with Gasteiger partial charge in [0.2, 0.25) is 5.95 Å². The molecule has 3 aromatic rings. The van der Waals surface area contributed by atoms with Crippen molar-refractivity contribution in [3.8, 4) is 0 Å². The minimum atomic E-state index is -0.499. The fraction of sp³-hybridized carbons (Fsp3) is 0.440. The van der Waals surface area contributed by atoms with Crippen LogP contribution in [0.15, 0.2) is 42.5 Å². The van der Waals surface area contributed by atoms with Gasteiger partial charge in [0.05, 0.1) is 27.6 Å². The number of para-hydroxylation sites is 2. The average Bonchev–Trinajstić information content (AvgIpc) is 3.13. The molecule has 1 aliphatic rings. The Kier molecular flexibility index (Phi) is 6.78. The number of nitrogens with zero attached hydrogens (tertiary/aromatic N) is 4. The Balaban J connectivity index is 1.54. The van der Waals surface area contributed by atoms with E-state index in [1.165, 1.54) is 0 Å². The lowest BCUT2D eigenvalue weighted by Gasteiger charge is -2.37. The van der Waals surface area contributed by atoms with Gasteiger partial charge in [-0.15, -0.1) is 0 Å². The Morgan fingerprint density at radius 2 is 1.82 bits per heavy atom. The van der Waals surface area contributed by atoms with Crippen LogP contribution in [0.2, 0.25) is 10.0 Å². The van der Waals surface area contributed by atoms with Crippen LogP contribution >= 0.6 is 23.2 Å². The smallest absolute Gasteiger partial charge is 0.410 e. The van der Waals surface area contributed by atoms with Crippen LogP contribution in [-0.4, -0.2) is 52.3 Å². The number of hydrogen-bond donors (Lipinski definition) is 0. The summed E-state index contributed by atoms with van der Waals surface area (Å²) in [6.07, 6.45) is 1.44. The Bertz CT molecular complexity index is 1150.